The molecule has 0 fully saturated rings. The number of sulfonamides is 1. The average molecular weight is 395 g/mol. The zero-order chi connectivity index (χ0) is 15.5. The predicted molar refractivity (Wildman–Crippen MR) is 81.3 cm³/mol. The summed E-state index contributed by atoms with van der Waals surface area (Å²) in [6, 6.07) is 2.97. The molecule has 7 nitrogen and oxygen atoms in total. The molecular formula is C10H13ClN2NaO5PS2. The number of thiophene rings is 1. The van der Waals surface area contributed by atoms with Crippen molar-refractivity contribution in [1.29, 1.82) is 0 Å². The Morgan fingerprint density at radius 1 is 1.59 bits per heavy atom. The van der Waals surface area contributed by atoms with E-state index in [9.17, 15) is 17.9 Å². The van der Waals surface area contributed by atoms with E-state index in [1.165, 1.54) is 22.8 Å². The SMILES string of the molecule is O=P(O)(CNS(=O)(=O)c1cccs1)OC1=CN(Cl)CC=C1.[H-].[Na+]. The van der Waals surface area contributed by atoms with Gasteiger partial charge in [0.05, 0.1) is 12.7 Å². The van der Waals surface area contributed by atoms with Crippen LogP contribution in [0.2, 0.25) is 0 Å². The molecule has 12 heteroatoms. The molecule has 0 radical (unpaired) electrons. The van der Waals surface area contributed by atoms with Crippen molar-refractivity contribution >= 4 is 40.7 Å². The van der Waals surface area contributed by atoms with Gasteiger partial charge in [0.25, 0.3) is 10.0 Å². The van der Waals surface area contributed by atoms with E-state index in [2.05, 4.69) is 0 Å². The number of hydrogen-bond acceptors (Lipinski definition) is 6. The van der Waals surface area contributed by atoms with Gasteiger partial charge in [-0.1, -0.05) is 12.1 Å². The Labute approximate surface area is 161 Å². The van der Waals surface area contributed by atoms with Crippen molar-refractivity contribution in [3.63, 3.8) is 0 Å². The molecule has 0 aromatic carbocycles. The molecule has 0 bridgehead atoms. The number of rotatable bonds is 6. The Balaban J connectivity index is 0.00000242. The fourth-order valence-electron chi connectivity index (χ4n) is 1.41. The van der Waals surface area contributed by atoms with Crippen molar-refractivity contribution in [2.45, 2.75) is 4.21 Å². The van der Waals surface area contributed by atoms with Crippen LogP contribution in [0.1, 0.15) is 1.43 Å². The standard InChI is InChI=1S/C10H12ClN2O5PS2.Na.H/c11-13-5-1-3-9(7-13)18-19(14,15)8-12-21(16,17)10-4-2-6-20-10;;/h1-4,6-7,12H,5,8H2,(H,14,15);;/q;+1;-1. The summed E-state index contributed by atoms with van der Waals surface area (Å²) < 4.78 is 43.8. The second-order valence-electron chi connectivity index (χ2n) is 3.98. The number of allylic oxidation sites excluding steroid dienone is 1. The molecular weight excluding hydrogens is 382 g/mol. The maximum Gasteiger partial charge on any atom is 1.00 e. The Hall–Kier alpha value is 0.170. The molecule has 0 saturated carbocycles. The van der Waals surface area contributed by atoms with Crippen LogP contribution < -0.4 is 34.3 Å². The van der Waals surface area contributed by atoms with Crippen LogP contribution in [0.5, 0.6) is 0 Å². The predicted octanol–water partition coefficient (Wildman–Crippen LogP) is -0.831. The summed E-state index contributed by atoms with van der Waals surface area (Å²) in [5.41, 5.74) is 0. The van der Waals surface area contributed by atoms with Crippen LogP contribution in [0.25, 0.3) is 0 Å². The van der Waals surface area contributed by atoms with Gasteiger partial charge in [0, 0.05) is 11.8 Å². The van der Waals surface area contributed by atoms with Crippen molar-refractivity contribution < 1.29 is 53.4 Å². The van der Waals surface area contributed by atoms with E-state index in [-0.39, 0.29) is 41.0 Å². The smallest absolute Gasteiger partial charge is 1.00 e. The topological polar surface area (TPSA) is 95.9 Å². The zero-order valence-corrected chi connectivity index (χ0v) is 16.8. The third-order valence-corrected chi connectivity index (χ3v) is 6.59. The van der Waals surface area contributed by atoms with Crippen molar-refractivity contribution in [3.8, 4) is 0 Å². The summed E-state index contributed by atoms with van der Waals surface area (Å²) in [7, 11) is -8.00. The first kappa shape index (κ1) is 20.2. The molecule has 1 unspecified atom stereocenters. The van der Waals surface area contributed by atoms with Crippen LogP contribution >= 0.6 is 30.7 Å². The van der Waals surface area contributed by atoms with E-state index in [4.69, 9.17) is 16.3 Å². The molecule has 0 spiro atoms. The van der Waals surface area contributed by atoms with E-state index < -0.39 is 23.9 Å². The minimum atomic E-state index is -4.18. The molecule has 1 aliphatic rings. The number of nitrogens with zero attached hydrogens (tertiary/aromatic N) is 1. The summed E-state index contributed by atoms with van der Waals surface area (Å²) >= 11 is 6.71. The molecule has 1 aromatic heterocycles. The van der Waals surface area contributed by atoms with Crippen molar-refractivity contribution in [1.82, 2.24) is 9.14 Å². The summed E-state index contributed by atoms with van der Waals surface area (Å²) in [5.74, 6) is 0.0809. The van der Waals surface area contributed by atoms with Gasteiger partial charge in [0.2, 0.25) is 0 Å². The molecule has 2 heterocycles. The first-order chi connectivity index (χ1) is 9.78. The van der Waals surface area contributed by atoms with Gasteiger partial charge in [-0.2, -0.15) is 4.72 Å². The molecule has 1 aromatic rings. The van der Waals surface area contributed by atoms with Gasteiger partial charge in [-0.15, -0.1) is 11.3 Å². The maximum atomic E-state index is 11.9. The first-order valence-corrected chi connectivity index (χ1v) is 10.1. The molecule has 22 heavy (non-hydrogen) atoms. The molecule has 2 rings (SSSR count). The molecule has 1 atom stereocenters. The summed E-state index contributed by atoms with van der Waals surface area (Å²) in [4.78, 5) is 9.69. The van der Waals surface area contributed by atoms with Crippen molar-refractivity contribution in [2.24, 2.45) is 0 Å². The van der Waals surface area contributed by atoms with Crippen LogP contribution in [0.15, 0.2) is 45.8 Å². The van der Waals surface area contributed by atoms with Gasteiger partial charge in [0.15, 0.2) is 0 Å². The third-order valence-electron chi connectivity index (χ3n) is 2.29. The van der Waals surface area contributed by atoms with E-state index in [1.807, 2.05) is 4.72 Å². The second kappa shape index (κ2) is 8.32. The Morgan fingerprint density at radius 2 is 2.32 bits per heavy atom. The molecule has 0 amide bonds. The number of halogens is 1. The Kier molecular flexibility index (Phi) is 7.65. The molecule has 1 aliphatic heterocycles. The van der Waals surface area contributed by atoms with Crippen molar-refractivity contribution in [3.05, 3.63) is 41.6 Å². The summed E-state index contributed by atoms with van der Waals surface area (Å²) in [6.07, 6.45) is 3.71. The minimum absolute atomic E-state index is 0. The Morgan fingerprint density at radius 3 is 2.91 bits per heavy atom. The van der Waals surface area contributed by atoms with Gasteiger partial charge in [-0.3, -0.25) is 4.42 Å². The zero-order valence-electron chi connectivity index (χ0n) is 12.5. The van der Waals surface area contributed by atoms with Gasteiger partial charge in [-0.25, -0.2) is 13.0 Å². The van der Waals surface area contributed by atoms with E-state index in [1.54, 1.807) is 17.5 Å². The van der Waals surface area contributed by atoms with Crippen LogP contribution in [0.4, 0.5) is 0 Å². The monoisotopic (exact) mass is 394 g/mol. The normalized spacial score (nSPS) is 17.4. The number of hydrogen-bond donors (Lipinski definition) is 2. The van der Waals surface area contributed by atoms with Crippen LogP contribution in [0.3, 0.4) is 0 Å². The van der Waals surface area contributed by atoms with Crippen LogP contribution in [-0.4, -0.2) is 30.6 Å². The van der Waals surface area contributed by atoms with Gasteiger partial charge in [0.1, 0.15) is 16.3 Å². The Bertz CT molecular complexity index is 713. The van der Waals surface area contributed by atoms with Gasteiger partial charge < -0.3 is 10.8 Å². The average Bonchev–Trinajstić information content (AvgIpc) is 2.91. The quantitative estimate of drug-likeness (QED) is 0.371. The number of nitrogens with one attached hydrogen (secondary N) is 1. The van der Waals surface area contributed by atoms with Crippen molar-refractivity contribution in [2.75, 3.05) is 12.8 Å². The first-order valence-electron chi connectivity index (χ1n) is 5.64. The minimum Gasteiger partial charge on any atom is -1.00 e. The molecule has 2 N–H and O–H groups in total. The molecule has 0 aliphatic carbocycles. The summed E-state index contributed by atoms with van der Waals surface area (Å²) in [6.45, 7) is 0.440. The third kappa shape index (κ3) is 5.99. The van der Waals surface area contributed by atoms with E-state index in [0.717, 1.165) is 11.3 Å². The fraction of sp³-hybridized carbons (Fsp3) is 0.200. The van der Waals surface area contributed by atoms with E-state index in [0.29, 0.717) is 6.54 Å². The van der Waals surface area contributed by atoms with Gasteiger partial charge in [-0.05, 0) is 17.5 Å². The van der Waals surface area contributed by atoms with Crippen LogP contribution in [-0.2, 0) is 19.1 Å². The fourth-order valence-corrected chi connectivity index (χ4v) is 5.12. The molecule has 118 valence electrons. The van der Waals surface area contributed by atoms with Crippen LogP contribution in [0, 0.1) is 0 Å². The van der Waals surface area contributed by atoms with E-state index >= 15 is 0 Å². The second-order valence-corrected chi connectivity index (χ2v) is 9.13. The van der Waals surface area contributed by atoms with Gasteiger partial charge >= 0.3 is 37.2 Å². The maximum absolute atomic E-state index is 11.9. The largest absolute Gasteiger partial charge is 1.00 e. The molecule has 0 saturated heterocycles. The summed E-state index contributed by atoms with van der Waals surface area (Å²) in [5, 5.41) is 1.59.